The van der Waals surface area contributed by atoms with Crippen molar-refractivity contribution in [3.63, 3.8) is 0 Å². The van der Waals surface area contributed by atoms with E-state index < -0.39 is 0 Å². The molecule has 0 unspecified atom stereocenters. The third-order valence-electron chi connectivity index (χ3n) is 2.79. The number of pyridine rings is 1. The van der Waals surface area contributed by atoms with Crippen LogP contribution in [0.3, 0.4) is 0 Å². The van der Waals surface area contributed by atoms with E-state index in [1.165, 1.54) is 5.56 Å². The van der Waals surface area contributed by atoms with Crippen molar-refractivity contribution in [3.05, 3.63) is 28.1 Å². The lowest BCUT2D eigenvalue weighted by Gasteiger charge is -2.19. The first kappa shape index (κ1) is 12.6. The average Bonchev–Trinajstić information content (AvgIpc) is 2.60. The first-order valence-electron chi connectivity index (χ1n) is 5.86. The van der Waals surface area contributed by atoms with E-state index in [-0.39, 0.29) is 5.41 Å². The standard InChI is InChI=1S/C13H18BrN3/c1-8(2)12-15-11-7-9(13(3,4)5)6-10(14)17(11)16-12/h6-8H,1-5H3. The normalized spacial score (nSPS) is 12.6. The van der Waals surface area contributed by atoms with Gasteiger partial charge in [0, 0.05) is 5.92 Å². The molecule has 0 aliphatic rings. The maximum absolute atomic E-state index is 4.57. The molecule has 0 amide bonds. The van der Waals surface area contributed by atoms with Gasteiger partial charge in [-0.15, -0.1) is 5.10 Å². The van der Waals surface area contributed by atoms with E-state index in [1.54, 1.807) is 0 Å². The summed E-state index contributed by atoms with van der Waals surface area (Å²) in [5.41, 5.74) is 2.29. The Morgan fingerprint density at radius 3 is 2.41 bits per heavy atom. The number of hydrogen-bond donors (Lipinski definition) is 0. The summed E-state index contributed by atoms with van der Waals surface area (Å²) in [5, 5.41) is 4.49. The zero-order chi connectivity index (χ0) is 12.8. The van der Waals surface area contributed by atoms with Gasteiger partial charge in [-0.3, -0.25) is 0 Å². The molecule has 0 aromatic carbocycles. The SMILES string of the molecule is CC(C)c1nc2cc(C(C)(C)C)cc(Br)n2n1. The summed E-state index contributed by atoms with van der Waals surface area (Å²) in [6.45, 7) is 10.8. The van der Waals surface area contributed by atoms with E-state index in [0.29, 0.717) is 5.92 Å². The Bertz CT molecular complexity index is 550. The van der Waals surface area contributed by atoms with Crippen LogP contribution in [0.1, 0.15) is 51.9 Å². The molecule has 2 rings (SSSR count). The zero-order valence-corrected chi connectivity index (χ0v) is 12.5. The fourth-order valence-corrected chi connectivity index (χ4v) is 2.15. The van der Waals surface area contributed by atoms with Crippen molar-refractivity contribution in [2.75, 3.05) is 0 Å². The fourth-order valence-electron chi connectivity index (χ4n) is 1.64. The Balaban J connectivity index is 2.65. The van der Waals surface area contributed by atoms with Gasteiger partial charge in [0.2, 0.25) is 0 Å². The van der Waals surface area contributed by atoms with E-state index in [2.05, 4.69) is 72.8 Å². The van der Waals surface area contributed by atoms with Crippen molar-refractivity contribution in [3.8, 4) is 0 Å². The molecule has 2 aromatic heterocycles. The molecule has 17 heavy (non-hydrogen) atoms. The smallest absolute Gasteiger partial charge is 0.157 e. The van der Waals surface area contributed by atoms with Crippen LogP contribution in [-0.4, -0.2) is 14.6 Å². The van der Waals surface area contributed by atoms with Gasteiger partial charge in [-0.25, -0.2) is 9.50 Å². The third-order valence-corrected chi connectivity index (χ3v) is 3.36. The van der Waals surface area contributed by atoms with Gasteiger partial charge in [-0.05, 0) is 39.0 Å². The lowest BCUT2D eigenvalue weighted by atomic mass is 9.88. The van der Waals surface area contributed by atoms with Gasteiger partial charge in [0.05, 0.1) is 0 Å². The molecule has 0 aliphatic heterocycles. The monoisotopic (exact) mass is 295 g/mol. The lowest BCUT2D eigenvalue weighted by molar-refractivity contribution is 0.588. The summed E-state index contributed by atoms with van der Waals surface area (Å²) in [5.74, 6) is 1.23. The molecule has 0 fully saturated rings. The molecule has 0 N–H and O–H groups in total. The molecule has 0 aliphatic carbocycles. The topological polar surface area (TPSA) is 30.2 Å². The number of halogens is 1. The molecule has 0 atom stereocenters. The summed E-state index contributed by atoms with van der Waals surface area (Å²) in [6, 6.07) is 4.23. The summed E-state index contributed by atoms with van der Waals surface area (Å²) in [4.78, 5) is 4.57. The van der Waals surface area contributed by atoms with Crippen LogP contribution in [0.25, 0.3) is 5.65 Å². The van der Waals surface area contributed by atoms with Gasteiger partial charge in [0.15, 0.2) is 11.5 Å². The largest absolute Gasteiger partial charge is 0.212 e. The van der Waals surface area contributed by atoms with Crippen LogP contribution in [-0.2, 0) is 5.41 Å². The van der Waals surface area contributed by atoms with Gasteiger partial charge in [-0.1, -0.05) is 34.6 Å². The molecule has 3 nitrogen and oxygen atoms in total. The fraction of sp³-hybridized carbons (Fsp3) is 0.538. The number of hydrogen-bond acceptors (Lipinski definition) is 2. The highest BCUT2D eigenvalue weighted by atomic mass is 79.9. The molecule has 0 saturated carbocycles. The summed E-state index contributed by atoms with van der Waals surface area (Å²) in [6.07, 6.45) is 0. The van der Waals surface area contributed by atoms with Crippen LogP contribution in [0.5, 0.6) is 0 Å². The third kappa shape index (κ3) is 2.37. The van der Waals surface area contributed by atoms with Crippen molar-refractivity contribution >= 4 is 21.6 Å². The lowest BCUT2D eigenvalue weighted by Crippen LogP contribution is -2.12. The van der Waals surface area contributed by atoms with Gasteiger partial charge >= 0.3 is 0 Å². The molecule has 2 aromatic rings. The van der Waals surface area contributed by atoms with Crippen LogP contribution in [0, 0.1) is 0 Å². The average molecular weight is 296 g/mol. The van der Waals surface area contributed by atoms with E-state index in [9.17, 15) is 0 Å². The van der Waals surface area contributed by atoms with Gasteiger partial charge < -0.3 is 0 Å². The van der Waals surface area contributed by atoms with Gasteiger partial charge in [0.1, 0.15) is 4.60 Å². The Kier molecular flexibility index (Phi) is 3.02. The van der Waals surface area contributed by atoms with Crippen molar-refractivity contribution in [2.24, 2.45) is 0 Å². The summed E-state index contributed by atoms with van der Waals surface area (Å²) >= 11 is 3.56. The second-order valence-electron chi connectivity index (χ2n) is 5.71. The summed E-state index contributed by atoms with van der Waals surface area (Å²) in [7, 11) is 0. The molecule has 2 heterocycles. The Labute approximate surface area is 110 Å². The Morgan fingerprint density at radius 1 is 1.24 bits per heavy atom. The highest BCUT2D eigenvalue weighted by Gasteiger charge is 2.17. The first-order chi connectivity index (χ1) is 7.79. The maximum atomic E-state index is 4.57. The van der Waals surface area contributed by atoms with E-state index >= 15 is 0 Å². The van der Waals surface area contributed by atoms with Crippen LogP contribution in [0.2, 0.25) is 0 Å². The minimum Gasteiger partial charge on any atom is -0.212 e. The minimum absolute atomic E-state index is 0.119. The molecule has 92 valence electrons. The van der Waals surface area contributed by atoms with Crippen molar-refractivity contribution in [2.45, 2.75) is 46.0 Å². The zero-order valence-electron chi connectivity index (χ0n) is 11.0. The molecular formula is C13H18BrN3. The summed E-state index contributed by atoms with van der Waals surface area (Å²) < 4.78 is 2.81. The van der Waals surface area contributed by atoms with E-state index in [1.807, 2.05) is 4.52 Å². The number of fused-ring (bicyclic) bond motifs is 1. The van der Waals surface area contributed by atoms with Crippen molar-refractivity contribution < 1.29 is 0 Å². The van der Waals surface area contributed by atoms with Crippen LogP contribution in [0.4, 0.5) is 0 Å². The van der Waals surface area contributed by atoms with Crippen LogP contribution in [0.15, 0.2) is 16.7 Å². The molecule has 0 bridgehead atoms. The van der Waals surface area contributed by atoms with Crippen molar-refractivity contribution in [1.82, 2.24) is 14.6 Å². The van der Waals surface area contributed by atoms with E-state index in [4.69, 9.17) is 0 Å². The van der Waals surface area contributed by atoms with Gasteiger partial charge in [-0.2, -0.15) is 0 Å². The highest BCUT2D eigenvalue weighted by molar-refractivity contribution is 9.10. The molecular weight excluding hydrogens is 278 g/mol. The van der Waals surface area contributed by atoms with E-state index in [0.717, 1.165) is 16.1 Å². The predicted octanol–water partition coefficient (Wildman–Crippen LogP) is 3.91. The quantitative estimate of drug-likeness (QED) is 0.747. The minimum atomic E-state index is 0.119. The molecule has 0 spiro atoms. The first-order valence-corrected chi connectivity index (χ1v) is 6.65. The second-order valence-corrected chi connectivity index (χ2v) is 6.52. The number of nitrogens with zero attached hydrogens (tertiary/aromatic N) is 3. The predicted molar refractivity (Wildman–Crippen MR) is 73.5 cm³/mol. The van der Waals surface area contributed by atoms with Gasteiger partial charge in [0.25, 0.3) is 0 Å². The van der Waals surface area contributed by atoms with Crippen LogP contribution >= 0.6 is 15.9 Å². The Hall–Kier alpha value is -0.900. The molecule has 4 heteroatoms. The molecule has 0 radical (unpaired) electrons. The number of rotatable bonds is 1. The van der Waals surface area contributed by atoms with Crippen LogP contribution < -0.4 is 0 Å². The number of aromatic nitrogens is 3. The highest BCUT2D eigenvalue weighted by Crippen LogP contribution is 2.27. The van der Waals surface area contributed by atoms with Crippen molar-refractivity contribution in [1.29, 1.82) is 0 Å². The maximum Gasteiger partial charge on any atom is 0.157 e. The second kappa shape index (κ2) is 4.09. The Morgan fingerprint density at radius 2 is 1.88 bits per heavy atom. The molecule has 0 saturated heterocycles.